The van der Waals surface area contributed by atoms with Gasteiger partial charge in [-0.1, -0.05) is 24.3 Å². The Hall–Kier alpha value is -2.20. The average molecular weight is 270 g/mol. The van der Waals surface area contributed by atoms with E-state index in [1.165, 1.54) is 0 Å². The summed E-state index contributed by atoms with van der Waals surface area (Å²) in [6.45, 7) is 5.82. The van der Waals surface area contributed by atoms with Crippen molar-refractivity contribution < 1.29 is 4.92 Å². The molecule has 0 saturated carbocycles. The lowest BCUT2D eigenvalue weighted by molar-refractivity contribution is -0.385. The molecule has 2 N–H and O–H groups in total. The minimum Gasteiger partial charge on any atom is -0.320 e. The normalized spacial score (nSPS) is 12.2. The molecule has 4 heteroatoms. The van der Waals surface area contributed by atoms with E-state index in [1.807, 2.05) is 45.0 Å². The zero-order chi connectivity index (χ0) is 14.9. The number of aryl methyl sites for hydroxylation is 2. The molecule has 104 valence electrons. The number of non-ortho nitro benzene ring substituents is 1. The summed E-state index contributed by atoms with van der Waals surface area (Å²) in [5.74, 6) is 0. The van der Waals surface area contributed by atoms with Crippen molar-refractivity contribution >= 4 is 5.69 Å². The third-order valence-corrected chi connectivity index (χ3v) is 3.76. The second-order valence-corrected chi connectivity index (χ2v) is 5.07. The molecular formula is C16H18N2O2. The van der Waals surface area contributed by atoms with E-state index in [4.69, 9.17) is 5.73 Å². The van der Waals surface area contributed by atoms with Crippen molar-refractivity contribution in [2.24, 2.45) is 5.73 Å². The fraction of sp³-hybridized carbons (Fsp3) is 0.250. The van der Waals surface area contributed by atoms with E-state index in [0.29, 0.717) is 0 Å². The van der Waals surface area contributed by atoms with Crippen LogP contribution in [0.5, 0.6) is 0 Å². The van der Waals surface area contributed by atoms with Crippen LogP contribution in [0.15, 0.2) is 36.4 Å². The molecule has 0 amide bonds. The lowest BCUT2D eigenvalue weighted by Crippen LogP contribution is -2.15. The number of hydrogen-bond acceptors (Lipinski definition) is 3. The molecule has 0 aromatic heterocycles. The van der Waals surface area contributed by atoms with Crippen LogP contribution in [-0.2, 0) is 0 Å². The number of hydrogen-bond donors (Lipinski definition) is 1. The van der Waals surface area contributed by atoms with Gasteiger partial charge in [-0.3, -0.25) is 10.1 Å². The maximum absolute atomic E-state index is 11.0. The second kappa shape index (κ2) is 5.43. The van der Waals surface area contributed by atoms with Crippen LogP contribution in [0.2, 0.25) is 0 Å². The van der Waals surface area contributed by atoms with Crippen LogP contribution in [0.3, 0.4) is 0 Å². The van der Waals surface area contributed by atoms with Gasteiger partial charge in [0.2, 0.25) is 0 Å². The minimum absolute atomic E-state index is 0.0899. The lowest BCUT2D eigenvalue weighted by atomic mass is 9.90. The Morgan fingerprint density at radius 2 is 1.70 bits per heavy atom. The summed E-state index contributed by atoms with van der Waals surface area (Å²) >= 11 is 0. The van der Waals surface area contributed by atoms with Crippen molar-refractivity contribution in [3.05, 3.63) is 74.3 Å². The number of nitrogens with two attached hydrogens (primary N) is 1. The molecule has 0 heterocycles. The third kappa shape index (κ3) is 2.56. The van der Waals surface area contributed by atoms with E-state index in [2.05, 4.69) is 0 Å². The molecule has 1 atom stereocenters. The van der Waals surface area contributed by atoms with E-state index >= 15 is 0 Å². The number of rotatable bonds is 3. The molecular weight excluding hydrogens is 252 g/mol. The van der Waals surface area contributed by atoms with Gasteiger partial charge in [0.15, 0.2) is 0 Å². The fourth-order valence-corrected chi connectivity index (χ4v) is 2.40. The summed E-state index contributed by atoms with van der Waals surface area (Å²) in [6, 6.07) is 10.7. The van der Waals surface area contributed by atoms with Crippen LogP contribution in [0.4, 0.5) is 5.69 Å². The first-order valence-corrected chi connectivity index (χ1v) is 6.48. The standard InChI is InChI=1S/C16H18N2O2/c1-10-6-4-5-7-14(10)16(17)15-9-13(18(19)20)8-11(2)12(15)3/h4-9,16H,17H2,1-3H3. The van der Waals surface area contributed by atoms with Gasteiger partial charge in [0.25, 0.3) is 5.69 Å². The zero-order valence-corrected chi connectivity index (χ0v) is 11.9. The fourth-order valence-electron chi connectivity index (χ4n) is 2.40. The highest BCUT2D eigenvalue weighted by Gasteiger charge is 2.18. The largest absolute Gasteiger partial charge is 0.320 e. The van der Waals surface area contributed by atoms with Crippen LogP contribution in [0.25, 0.3) is 0 Å². The SMILES string of the molecule is Cc1ccccc1C(N)c1cc([N+](=O)[O-])cc(C)c1C. The Balaban J connectivity index is 2.57. The van der Waals surface area contributed by atoms with Gasteiger partial charge >= 0.3 is 0 Å². The van der Waals surface area contributed by atoms with Gasteiger partial charge in [-0.25, -0.2) is 0 Å². The smallest absolute Gasteiger partial charge is 0.270 e. The quantitative estimate of drug-likeness (QED) is 0.684. The van der Waals surface area contributed by atoms with Gasteiger partial charge in [-0.05, 0) is 48.6 Å². The number of nitro benzene ring substituents is 1. The topological polar surface area (TPSA) is 69.2 Å². The highest BCUT2D eigenvalue weighted by Crippen LogP contribution is 2.30. The number of benzene rings is 2. The molecule has 0 saturated heterocycles. The van der Waals surface area contributed by atoms with Crippen molar-refractivity contribution in [1.29, 1.82) is 0 Å². The summed E-state index contributed by atoms with van der Waals surface area (Å²) in [5, 5.41) is 11.0. The molecule has 0 fully saturated rings. The van der Waals surface area contributed by atoms with E-state index in [-0.39, 0.29) is 16.7 Å². The van der Waals surface area contributed by atoms with Gasteiger partial charge < -0.3 is 5.73 Å². The van der Waals surface area contributed by atoms with E-state index in [1.54, 1.807) is 12.1 Å². The first kappa shape index (κ1) is 14.2. The molecule has 0 bridgehead atoms. The highest BCUT2D eigenvalue weighted by molar-refractivity contribution is 5.49. The number of nitro groups is 1. The van der Waals surface area contributed by atoms with E-state index in [0.717, 1.165) is 27.8 Å². The van der Waals surface area contributed by atoms with Gasteiger partial charge in [0.1, 0.15) is 0 Å². The summed E-state index contributed by atoms with van der Waals surface area (Å²) in [6.07, 6.45) is 0. The molecule has 0 radical (unpaired) electrons. The Bertz CT molecular complexity index is 666. The summed E-state index contributed by atoms with van der Waals surface area (Å²) in [7, 11) is 0. The van der Waals surface area contributed by atoms with Crippen molar-refractivity contribution in [3.8, 4) is 0 Å². The lowest BCUT2D eigenvalue weighted by Gasteiger charge is -2.18. The molecule has 0 aliphatic carbocycles. The summed E-state index contributed by atoms with van der Waals surface area (Å²) < 4.78 is 0. The molecule has 2 aromatic rings. The predicted octanol–water partition coefficient (Wildman–Crippen LogP) is 3.57. The van der Waals surface area contributed by atoms with Crippen molar-refractivity contribution in [2.45, 2.75) is 26.8 Å². The van der Waals surface area contributed by atoms with Crippen molar-refractivity contribution in [2.75, 3.05) is 0 Å². The summed E-state index contributed by atoms with van der Waals surface area (Å²) in [4.78, 5) is 10.6. The van der Waals surface area contributed by atoms with Gasteiger partial charge in [-0.15, -0.1) is 0 Å². The molecule has 1 unspecified atom stereocenters. The first-order valence-electron chi connectivity index (χ1n) is 6.48. The molecule has 0 aliphatic heterocycles. The van der Waals surface area contributed by atoms with Crippen LogP contribution in [-0.4, -0.2) is 4.92 Å². The Morgan fingerprint density at radius 3 is 2.30 bits per heavy atom. The molecule has 4 nitrogen and oxygen atoms in total. The monoisotopic (exact) mass is 270 g/mol. The second-order valence-electron chi connectivity index (χ2n) is 5.07. The van der Waals surface area contributed by atoms with Crippen LogP contribution < -0.4 is 5.73 Å². The van der Waals surface area contributed by atoms with Crippen LogP contribution >= 0.6 is 0 Å². The average Bonchev–Trinajstić information content (AvgIpc) is 2.41. The van der Waals surface area contributed by atoms with E-state index < -0.39 is 0 Å². The van der Waals surface area contributed by atoms with Gasteiger partial charge in [0, 0.05) is 12.1 Å². The van der Waals surface area contributed by atoms with Crippen molar-refractivity contribution in [3.63, 3.8) is 0 Å². The third-order valence-electron chi connectivity index (χ3n) is 3.76. The van der Waals surface area contributed by atoms with Gasteiger partial charge in [0.05, 0.1) is 11.0 Å². The van der Waals surface area contributed by atoms with Crippen molar-refractivity contribution in [1.82, 2.24) is 0 Å². The zero-order valence-electron chi connectivity index (χ0n) is 11.9. The predicted molar refractivity (Wildman–Crippen MR) is 79.8 cm³/mol. The minimum atomic E-state index is -0.374. The summed E-state index contributed by atoms with van der Waals surface area (Å²) in [5.41, 5.74) is 11.2. The molecule has 2 aromatic carbocycles. The molecule has 2 rings (SSSR count). The Labute approximate surface area is 118 Å². The molecule has 20 heavy (non-hydrogen) atoms. The van der Waals surface area contributed by atoms with Gasteiger partial charge in [-0.2, -0.15) is 0 Å². The molecule has 0 spiro atoms. The Kier molecular flexibility index (Phi) is 3.86. The Morgan fingerprint density at radius 1 is 1.05 bits per heavy atom. The van der Waals surface area contributed by atoms with Crippen LogP contribution in [0.1, 0.15) is 33.9 Å². The first-order chi connectivity index (χ1) is 9.41. The van der Waals surface area contributed by atoms with E-state index in [9.17, 15) is 10.1 Å². The highest BCUT2D eigenvalue weighted by atomic mass is 16.6. The van der Waals surface area contributed by atoms with Crippen LogP contribution in [0, 0.1) is 30.9 Å². The maximum atomic E-state index is 11.0. The number of nitrogens with zero attached hydrogens (tertiary/aromatic N) is 1. The molecule has 0 aliphatic rings. The maximum Gasteiger partial charge on any atom is 0.270 e.